The average molecular weight is 423 g/mol. The van der Waals surface area contributed by atoms with E-state index in [-0.39, 0.29) is 23.2 Å². The predicted octanol–water partition coefficient (Wildman–Crippen LogP) is 3.28. The summed E-state index contributed by atoms with van der Waals surface area (Å²) in [6, 6.07) is 8.72. The Kier molecular flexibility index (Phi) is 5.10. The van der Waals surface area contributed by atoms with Gasteiger partial charge in [-0.05, 0) is 48.7 Å². The molecule has 1 unspecified atom stereocenters. The molecule has 0 bridgehead atoms. The molecule has 3 rings (SSSR count). The summed E-state index contributed by atoms with van der Waals surface area (Å²) in [6.07, 6.45) is 1.22. The summed E-state index contributed by atoms with van der Waals surface area (Å²) in [7, 11) is -9.19. The summed E-state index contributed by atoms with van der Waals surface area (Å²) in [4.78, 5) is -0.516. The lowest BCUT2D eigenvalue weighted by molar-refractivity contribution is 0.466. The molecule has 2 aromatic rings. The Labute approximate surface area is 162 Å². The highest BCUT2D eigenvalue weighted by Gasteiger charge is 2.34. The van der Waals surface area contributed by atoms with E-state index in [2.05, 4.69) is 10.2 Å². The highest BCUT2D eigenvalue weighted by molar-refractivity contribution is 7.86. The zero-order chi connectivity index (χ0) is 20.7. The third kappa shape index (κ3) is 3.97. The van der Waals surface area contributed by atoms with Crippen LogP contribution in [0.25, 0.3) is 5.70 Å². The molecule has 4 N–H and O–H groups in total. The molecule has 11 heteroatoms. The Bertz CT molecular complexity index is 1220. The van der Waals surface area contributed by atoms with Crippen molar-refractivity contribution in [3.8, 4) is 0 Å². The van der Waals surface area contributed by atoms with Crippen LogP contribution in [0, 0.1) is 6.92 Å². The summed E-state index contributed by atoms with van der Waals surface area (Å²) in [6.45, 7) is 1.77. The second kappa shape index (κ2) is 7.09. The van der Waals surface area contributed by atoms with E-state index >= 15 is 0 Å². The number of nitrogens with zero attached hydrogens (tertiary/aromatic N) is 2. The molecule has 0 fully saturated rings. The summed E-state index contributed by atoms with van der Waals surface area (Å²) in [5.74, 6) is 0. The number of allylic oxidation sites excluding steroid dienone is 1. The van der Waals surface area contributed by atoms with E-state index in [1.54, 1.807) is 25.1 Å². The molecule has 0 spiro atoms. The zero-order valence-electron chi connectivity index (χ0n) is 14.6. The molecule has 0 saturated heterocycles. The van der Waals surface area contributed by atoms with E-state index in [1.165, 1.54) is 18.2 Å². The molecule has 0 aliphatic heterocycles. The third-order valence-corrected chi connectivity index (χ3v) is 6.37. The molecular weight excluding hydrogens is 406 g/mol. The molecule has 0 radical (unpaired) electrons. The van der Waals surface area contributed by atoms with Crippen LogP contribution < -0.4 is 5.73 Å². The highest BCUT2D eigenvalue weighted by Crippen LogP contribution is 2.41. The molecule has 1 aliphatic carbocycles. The van der Waals surface area contributed by atoms with Crippen molar-refractivity contribution in [2.75, 3.05) is 5.73 Å². The van der Waals surface area contributed by atoms with Crippen LogP contribution in [-0.4, -0.2) is 25.9 Å². The first-order chi connectivity index (χ1) is 13.0. The van der Waals surface area contributed by atoms with Crippen LogP contribution in [-0.2, 0) is 20.2 Å². The van der Waals surface area contributed by atoms with Crippen LogP contribution in [0.1, 0.15) is 28.4 Å². The number of hydrogen-bond acceptors (Lipinski definition) is 7. The minimum Gasteiger partial charge on any atom is -0.399 e. The fourth-order valence-corrected chi connectivity index (χ4v) is 4.61. The van der Waals surface area contributed by atoms with Gasteiger partial charge >= 0.3 is 0 Å². The van der Waals surface area contributed by atoms with Crippen molar-refractivity contribution in [2.45, 2.75) is 23.5 Å². The summed E-state index contributed by atoms with van der Waals surface area (Å²) >= 11 is 0. The number of nitrogens with two attached hydrogens (primary N) is 1. The molecular formula is C17H17N3O6S2. The van der Waals surface area contributed by atoms with Crippen molar-refractivity contribution in [1.82, 2.24) is 0 Å². The van der Waals surface area contributed by atoms with Crippen LogP contribution in [0.2, 0.25) is 0 Å². The van der Waals surface area contributed by atoms with Gasteiger partial charge in [0.2, 0.25) is 0 Å². The Morgan fingerprint density at radius 3 is 2.39 bits per heavy atom. The van der Waals surface area contributed by atoms with Gasteiger partial charge in [-0.1, -0.05) is 18.2 Å². The number of aryl methyl sites for hydroxylation is 1. The van der Waals surface area contributed by atoms with Crippen molar-refractivity contribution in [2.24, 2.45) is 10.2 Å². The predicted molar refractivity (Wildman–Crippen MR) is 103 cm³/mol. The van der Waals surface area contributed by atoms with Crippen LogP contribution >= 0.6 is 0 Å². The first-order valence-electron chi connectivity index (χ1n) is 8.03. The maximum absolute atomic E-state index is 11.8. The SMILES string of the molecule is Cc1cc(N)ccc1N=NC1=CCC(S(=O)(=O)O)c2cccc(S(=O)(=O)O)c21. The van der Waals surface area contributed by atoms with Gasteiger partial charge in [-0.3, -0.25) is 9.11 Å². The van der Waals surface area contributed by atoms with Crippen molar-refractivity contribution in [3.63, 3.8) is 0 Å². The van der Waals surface area contributed by atoms with Gasteiger partial charge in [0, 0.05) is 11.3 Å². The summed E-state index contributed by atoms with van der Waals surface area (Å²) in [5, 5.41) is 6.79. The molecule has 1 atom stereocenters. The smallest absolute Gasteiger partial charge is 0.295 e. The van der Waals surface area contributed by atoms with Gasteiger partial charge in [0.15, 0.2) is 0 Å². The Morgan fingerprint density at radius 2 is 1.79 bits per heavy atom. The number of benzene rings is 2. The van der Waals surface area contributed by atoms with E-state index in [1.807, 2.05) is 0 Å². The number of hydrogen-bond donors (Lipinski definition) is 3. The van der Waals surface area contributed by atoms with E-state index in [0.29, 0.717) is 11.4 Å². The minimum atomic E-state index is -4.68. The zero-order valence-corrected chi connectivity index (χ0v) is 16.3. The molecule has 0 aromatic heterocycles. The monoisotopic (exact) mass is 423 g/mol. The van der Waals surface area contributed by atoms with Crippen LogP contribution in [0.4, 0.5) is 11.4 Å². The van der Waals surface area contributed by atoms with Gasteiger partial charge in [-0.2, -0.15) is 27.1 Å². The van der Waals surface area contributed by atoms with E-state index in [4.69, 9.17) is 5.73 Å². The molecule has 2 aromatic carbocycles. The standard InChI is InChI=1S/C17H17N3O6S2/c1-10-9-11(18)5-6-13(10)19-20-14-7-8-15(27(21,22)23)12-3-2-4-16(17(12)14)28(24,25)26/h2-7,9,15H,8,18H2,1H3,(H,21,22,23)(H,24,25,26). The van der Waals surface area contributed by atoms with Crippen molar-refractivity contribution in [3.05, 3.63) is 59.2 Å². The largest absolute Gasteiger partial charge is 0.399 e. The van der Waals surface area contributed by atoms with Gasteiger partial charge in [0.05, 0.1) is 11.4 Å². The number of azo groups is 1. The molecule has 28 heavy (non-hydrogen) atoms. The molecule has 0 saturated carbocycles. The molecule has 0 heterocycles. The van der Waals surface area contributed by atoms with Crippen LogP contribution in [0.15, 0.2) is 57.6 Å². The molecule has 0 amide bonds. The van der Waals surface area contributed by atoms with Gasteiger partial charge < -0.3 is 5.73 Å². The van der Waals surface area contributed by atoms with Crippen molar-refractivity contribution >= 4 is 37.3 Å². The van der Waals surface area contributed by atoms with E-state index < -0.39 is 30.4 Å². The maximum Gasteiger partial charge on any atom is 0.295 e. The van der Waals surface area contributed by atoms with Crippen molar-refractivity contribution < 1.29 is 25.9 Å². The second-order valence-electron chi connectivity index (χ2n) is 6.27. The van der Waals surface area contributed by atoms with E-state index in [9.17, 15) is 25.9 Å². The Morgan fingerprint density at radius 1 is 1.07 bits per heavy atom. The van der Waals surface area contributed by atoms with Crippen LogP contribution in [0.3, 0.4) is 0 Å². The van der Waals surface area contributed by atoms with Gasteiger partial charge in [0.1, 0.15) is 10.1 Å². The van der Waals surface area contributed by atoms with Gasteiger partial charge in [0.25, 0.3) is 20.2 Å². The van der Waals surface area contributed by atoms with Crippen LogP contribution in [0.5, 0.6) is 0 Å². The fraction of sp³-hybridized carbons (Fsp3) is 0.176. The number of rotatable bonds is 4. The normalized spacial score (nSPS) is 17.4. The first-order valence-corrected chi connectivity index (χ1v) is 11.0. The van der Waals surface area contributed by atoms with E-state index in [0.717, 1.165) is 11.6 Å². The lowest BCUT2D eigenvalue weighted by Crippen LogP contribution is -2.18. The lowest BCUT2D eigenvalue weighted by atomic mass is 9.94. The Hall–Kier alpha value is -2.60. The molecule has 9 nitrogen and oxygen atoms in total. The Balaban J connectivity index is 2.18. The van der Waals surface area contributed by atoms with Gasteiger partial charge in [-0.25, -0.2) is 0 Å². The quantitative estimate of drug-likeness (QED) is 0.386. The highest BCUT2D eigenvalue weighted by atomic mass is 32.2. The second-order valence-corrected chi connectivity index (χ2v) is 9.26. The lowest BCUT2D eigenvalue weighted by Gasteiger charge is -2.23. The number of anilines is 1. The summed E-state index contributed by atoms with van der Waals surface area (Å²) in [5.41, 5.74) is 7.43. The van der Waals surface area contributed by atoms with Gasteiger partial charge in [-0.15, -0.1) is 0 Å². The number of nitrogen functional groups attached to an aromatic ring is 1. The topological polar surface area (TPSA) is 159 Å². The van der Waals surface area contributed by atoms with Crippen molar-refractivity contribution in [1.29, 1.82) is 0 Å². The average Bonchev–Trinajstić information content (AvgIpc) is 2.58. The fourth-order valence-electron chi connectivity index (χ4n) is 3.02. The molecule has 1 aliphatic rings. The maximum atomic E-state index is 11.8. The molecule has 148 valence electrons. The first kappa shape index (κ1) is 20.1. The third-order valence-electron chi connectivity index (χ3n) is 4.31. The summed E-state index contributed by atoms with van der Waals surface area (Å²) < 4.78 is 66.1. The minimum absolute atomic E-state index is 0.0168. The number of fused-ring (bicyclic) bond motifs is 1.